The zero-order valence-corrected chi connectivity index (χ0v) is 12.1. The first-order valence-corrected chi connectivity index (χ1v) is 8.12. The van der Waals surface area contributed by atoms with Crippen LogP contribution in [0.3, 0.4) is 0 Å². The van der Waals surface area contributed by atoms with E-state index in [0.29, 0.717) is 5.60 Å². The molecule has 3 aliphatic rings. The van der Waals surface area contributed by atoms with Gasteiger partial charge in [0.15, 0.2) is 0 Å². The Morgan fingerprint density at radius 1 is 1.22 bits per heavy atom. The van der Waals surface area contributed by atoms with Crippen molar-refractivity contribution in [2.45, 2.75) is 82.9 Å². The van der Waals surface area contributed by atoms with Crippen molar-refractivity contribution >= 4 is 0 Å². The SMILES string of the molecule is CCC1CCC(NC2CCOC3(CCC3)C2)C1C. The van der Waals surface area contributed by atoms with Crippen molar-refractivity contribution in [3.63, 3.8) is 0 Å². The maximum absolute atomic E-state index is 6.03. The molecule has 0 amide bonds. The molecule has 1 saturated heterocycles. The lowest BCUT2D eigenvalue weighted by Crippen LogP contribution is -2.53. The highest BCUT2D eigenvalue weighted by atomic mass is 16.5. The van der Waals surface area contributed by atoms with Crippen LogP contribution < -0.4 is 5.32 Å². The van der Waals surface area contributed by atoms with Gasteiger partial charge in [0.25, 0.3) is 0 Å². The molecule has 4 unspecified atom stereocenters. The van der Waals surface area contributed by atoms with E-state index >= 15 is 0 Å². The maximum Gasteiger partial charge on any atom is 0.0697 e. The van der Waals surface area contributed by atoms with Gasteiger partial charge in [-0.1, -0.05) is 20.3 Å². The van der Waals surface area contributed by atoms with E-state index in [4.69, 9.17) is 4.74 Å². The summed E-state index contributed by atoms with van der Waals surface area (Å²) in [4.78, 5) is 0. The van der Waals surface area contributed by atoms with Crippen LogP contribution in [0.2, 0.25) is 0 Å². The summed E-state index contributed by atoms with van der Waals surface area (Å²) < 4.78 is 6.03. The Kier molecular flexibility index (Phi) is 3.68. The van der Waals surface area contributed by atoms with Gasteiger partial charge < -0.3 is 10.1 Å². The Bertz CT molecular complexity index is 287. The predicted molar refractivity (Wildman–Crippen MR) is 74.7 cm³/mol. The third-order valence-electron chi connectivity index (χ3n) is 5.96. The minimum atomic E-state index is 0.294. The zero-order chi connectivity index (χ0) is 12.6. The highest BCUT2D eigenvalue weighted by Gasteiger charge is 2.43. The topological polar surface area (TPSA) is 21.3 Å². The van der Waals surface area contributed by atoms with Crippen molar-refractivity contribution in [3.05, 3.63) is 0 Å². The lowest BCUT2D eigenvalue weighted by molar-refractivity contribution is -0.136. The summed E-state index contributed by atoms with van der Waals surface area (Å²) in [5, 5.41) is 3.98. The molecule has 2 saturated carbocycles. The molecule has 0 aromatic carbocycles. The van der Waals surface area contributed by atoms with Gasteiger partial charge in [-0.25, -0.2) is 0 Å². The molecule has 3 fully saturated rings. The van der Waals surface area contributed by atoms with Gasteiger partial charge in [-0.05, 0) is 56.8 Å². The molecule has 0 radical (unpaired) electrons. The van der Waals surface area contributed by atoms with Crippen LogP contribution in [0.25, 0.3) is 0 Å². The van der Waals surface area contributed by atoms with E-state index in [-0.39, 0.29) is 0 Å². The Morgan fingerprint density at radius 2 is 2.06 bits per heavy atom. The van der Waals surface area contributed by atoms with Gasteiger partial charge in [0.2, 0.25) is 0 Å². The largest absolute Gasteiger partial charge is 0.375 e. The summed E-state index contributed by atoms with van der Waals surface area (Å²) in [6.07, 6.45) is 10.7. The molecule has 0 bridgehead atoms. The van der Waals surface area contributed by atoms with E-state index in [0.717, 1.165) is 30.5 Å². The van der Waals surface area contributed by atoms with Crippen molar-refractivity contribution in [2.75, 3.05) is 6.61 Å². The molecule has 0 aromatic heterocycles. The average molecular weight is 251 g/mol. The summed E-state index contributed by atoms with van der Waals surface area (Å²) in [6.45, 7) is 5.79. The van der Waals surface area contributed by atoms with Crippen LogP contribution in [0.4, 0.5) is 0 Å². The Balaban J connectivity index is 1.53. The normalized spacial score (nSPS) is 43.0. The molecule has 4 atom stereocenters. The van der Waals surface area contributed by atoms with Crippen molar-refractivity contribution in [1.29, 1.82) is 0 Å². The van der Waals surface area contributed by atoms with Gasteiger partial charge in [0.1, 0.15) is 0 Å². The molecule has 1 N–H and O–H groups in total. The molecule has 1 spiro atoms. The lowest BCUT2D eigenvalue weighted by Gasteiger charge is -2.48. The molecule has 2 heteroatoms. The molecule has 104 valence electrons. The number of hydrogen-bond donors (Lipinski definition) is 1. The van der Waals surface area contributed by atoms with Gasteiger partial charge in [0, 0.05) is 18.7 Å². The second kappa shape index (κ2) is 5.13. The molecular weight excluding hydrogens is 222 g/mol. The number of ether oxygens (including phenoxy) is 1. The van der Waals surface area contributed by atoms with Gasteiger partial charge >= 0.3 is 0 Å². The van der Waals surface area contributed by atoms with Crippen molar-refractivity contribution in [2.24, 2.45) is 11.8 Å². The van der Waals surface area contributed by atoms with Crippen LogP contribution >= 0.6 is 0 Å². The minimum Gasteiger partial charge on any atom is -0.375 e. The fourth-order valence-electron chi connectivity index (χ4n) is 4.45. The monoisotopic (exact) mass is 251 g/mol. The summed E-state index contributed by atoms with van der Waals surface area (Å²) in [5.74, 6) is 1.83. The van der Waals surface area contributed by atoms with Gasteiger partial charge in [-0.15, -0.1) is 0 Å². The number of nitrogens with one attached hydrogen (secondary N) is 1. The molecule has 1 aliphatic heterocycles. The van der Waals surface area contributed by atoms with Crippen LogP contribution in [-0.2, 0) is 4.74 Å². The average Bonchev–Trinajstić information content (AvgIpc) is 2.69. The molecule has 2 nitrogen and oxygen atoms in total. The quantitative estimate of drug-likeness (QED) is 0.829. The smallest absolute Gasteiger partial charge is 0.0697 e. The molecule has 0 aromatic rings. The van der Waals surface area contributed by atoms with E-state index in [1.165, 1.54) is 51.4 Å². The van der Waals surface area contributed by atoms with E-state index in [2.05, 4.69) is 19.2 Å². The first-order chi connectivity index (χ1) is 8.72. The number of hydrogen-bond acceptors (Lipinski definition) is 2. The molecule has 1 heterocycles. The van der Waals surface area contributed by atoms with Crippen LogP contribution in [0.15, 0.2) is 0 Å². The van der Waals surface area contributed by atoms with Crippen LogP contribution in [-0.4, -0.2) is 24.3 Å². The molecular formula is C16H29NO. The van der Waals surface area contributed by atoms with E-state index in [9.17, 15) is 0 Å². The zero-order valence-electron chi connectivity index (χ0n) is 12.1. The summed E-state index contributed by atoms with van der Waals surface area (Å²) in [7, 11) is 0. The van der Waals surface area contributed by atoms with Crippen molar-refractivity contribution in [3.8, 4) is 0 Å². The number of rotatable bonds is 3. The highest BCUT2D eigenvalue weighted by Crippen LogP contribution is 2.43. The van der Waals surface area contributed by atoms with Crippen LogP contribution in [0, 0.1) is 11.8 Å². The van der Waals surface area contributed by atoms with E-state index in [1.807, 2.05) is 0 Å². The third kappa shape index (κ3) is 2.34. The fraction of sp³-hybridized carbons (Fsp3) is 1.00. The molecule has 3 rings (SSSR count). The first-order valence-electron chi connectivity index (χ1n) is 8.12. The predicted octanol–water partition coefficient (Wildman–Crippen LogP) is 3.50. The Hall–Kier alpha value is -0.0800. The van der Waals surface area contributed by atoms with Gasteiger partial charge in [-0.2, -0.15) is 0 Å². The first kappa shape index (κ1) is 12.9. The van der Waals surface area contributed by atoms with Gasteiger partial charge in [-0.3, -0.25) is 0 Å². The van der Waals surface area contributed by atoms with Gasteiger partial charge in [0.05, 0.1) is 5.60 Å². The molecule has 2 aliphatic carbocycles. The third-order valence-corrected chi connectivity index (χ3v) is 5.96. The maximum atomic E-state index is 6.03. The van der Waals surface area contributed by atoms with Crippen LogP contribution in [0.1, 0.15) is 65.2 Å². The van der Waals surface area contributed by atoms with E-state index in [1.54, 1.807) is 0 Å². The van der Waals surface area contributed by atoms with E-state index < -0.39 is 0 Å². The van der Waals surface area contributed by atoms with Crippen molar-refractivity contribution < 1.29 is 4.74 Å². The standard InChI is InChI=1S/C16H29NO/c1-3-13-5-6-15(12(13)2)17-14-7-10-18-16(11-14)8-4-9-16/h12-15,17H,3-11H2,1-2H3. The summed E-state index contributed by atoms with van der Waals surface area (Å²) in [6, 6.07) is 1.50. The minimum absolute atomic E-state index is 0.294. The Labute approximate surface area is 112 Å². The summed E-state index contributed by atoms with van der Waals surface area (Å²) >= 11 is 0. The molecule has 18 heavy (non-hydrogen) atoms. The highest BCUT2D eigenvalue weighted by molar-refractivity contribution is 4.98. The Morgan fingerprint density at radius 3 is 2.67 bits per heavy atom. The van der Waals surface area contributed by atoms with Crippen molar-refractivity contribution in [1.82, 2.24) is 5.32 Å². The summed E-state index contributed by atoms with van der Waals surface area (Å²) in [5.41, 5.74) is 0.294. The van der Waals surface area contributed by atoms with Crippen LogP contribution in [0.5, 0.6) is 0 Å². The second-order valence-electron chi connectivity index (χ2n) is 6.95. The fourth-order valence-corrected chi connectivity index (χ4v) is 4.45. The second-order valence-corrected chi connectivity index (χ2v) is 6.95. The lowest BCUT2D eigenvalue weighted by atomic mass is 9.73.